The van der Waals surface area contributed by atoms with Crippen LogP contribution in [0.25, 0.3) is 83.3 Å². The summed E-state index contributed by atoms with van der Waals surface area (Å²) < 4.78 is 2.34. The molecule has 0 spiro atoms. The Balaban J connectivity index is 1.25. The Morgan fingerprint density at radius 2 is 1.00 bits per heavy atom. The van der Waals surface area contributed by atoms with Gasteiger partial charge in [0.25, 0.3) is 0 Å². The van der Waals surface area contributed by atoms with Gasteiger partial charge in [-0.05, 0) is 74.8 Å². The number of fused-ring (bicyclic) bond motifs is 8. The van der Waals surface area contributed by atoms with E-state index < -0.39 is 0 Å². The predicted molar refractivity (Wildman–Crippen MR) is 208 cm³/mol. The summed E-state index contributed by atoms with van der Waals surface area (Å²) in [7, 11) is 0. The Bertz CT molecular complexity index is 2730. The van der Waals surface area contributed by atoms with E-state index in [9.17, 15) is 0 Å². The van der Waals surface area contributed by atoms with Gasteiger partial charge in [0.15, 0.2) is 5.82 Å². The van der Waals surface area contributed by atoms with Crippen LogP contribution in [0.1, 0.15) is 25.0 Å². The zero-order chi connectivity index (χ0) is 33.4. The summed E-state index contributed by atoms with van der Waals surface area (Å²) in [5.41, 5.74) is 13.9. The summed E-state index contributed by atoms with van der Waals surface area (Å²) in [5.74, 6) is 1.61. The van der Waals surface area contributed by atoms with Gasteiger partial charge < -0.3 is 0 Å². The summed E-state index contributed by atoms with van der Waals surface area (Å²) in [4.78, 5) is 11.0. The molecule has 0 amide bonds. The maximum atomic E-state index is 5.50. The van der Waals surface area contributed by atoms with Crippen LogP contribution in [0.4, 0.5) is 0 Å². The Labute approximate surface area is 291 Å². The van der Waals surface area contributed by atoms with Gasteiger partial charge in [-0.3, -0.25) is 4.57 Å². The lowest BCUT2D eigenvalue weighted by atomic mass is 9.81. The molecule has 10 rings (SSSR count). The van der Waals surface area contributed by atoms with E-state index in [1.807, 2.05) is 0 Å². The molecule has 50 heavy (non-hydrogen) atoms. The molecule has 0 bridgehead atoms. The van der Waals surface area contributed by atoms with E-state index in [2.05, 4.69) is 182 Å². The standard InChI is InChI=1S/C47H33N3/c1-47(2)40-23-9-6-20-35(40)38-26-27-39-44(43(38)47)48-45(49-46(39)50-41-24-10-7-21-36(41)37-22-8-11-25-42(37)50)34-19-13-18-33(29-34)32-17-12-16-31(28-32)30-14-4-3-5-15-30/h3-29H,1-2H3. The van der Waals surface area contributed by atoms with E-state index >= 15 is 0 Å². The smallest absolute Gasteiger partial charge is 0.162 e. The number of rotatable bonds is 4. The van der Waals surface area contributed by atoms with Crippen molar-refractivity contribution < 1.29 is 0 Å². The lowest BCUT2D eigenvalue weighted by molar-refractivity contribution is 0.664. The molecule has 3 heteroatoms. The topological polar surface area (TPSA) is 30.7 Å². The van der Waals surface area contributed by atoms with Gasteiger partial charge in [-0.1, -0.05) is 147 Å². The van der Waals surface area contributed by atoms with Crippen molar-refractivity contribution in [3.63, 3.8) is 0 Å². The second-order valence-corrected chi connectivity index (χ2v) is 13.8. The third-order valence-corrected chi connectivity index (χ3v) is 10.6. The average molecular weight is 640 g/mol. The number of nitrogens with zero attached hydrogens (tertiary/aromatic N) is 3. The van der Waals surface area contributed by atoms with Crippen LogP contribution in [0.5, 0.6) is 0 Å². The van der Waals surface area contributed by atoms with Crippen LogP contribution in [0.3, 0.4) is 0 Å². The molecule has 0 saturated carbocycles. The maximum Gasteiger partial charge on any atom is 0.162 e. The van der Waals surface area contributed by atoms with E-state index in [0.29, 0.717) is 0 Å². The first-order valence-electron chi connectivity index (χ1n) is 17.3. The second kappa shape index (κ2) is 10.8. The van der Waals surface area contributed by atoms with Crippen molar-refractivity contribution in [1.82, 2.24) is 14.5 Å². The number of aromatic nitrogens is 3. The van der Waals surface area contributed by atoms with Gasteiger partial charge in [0.1, 0.15) is 5.82 Å². The van der Waals surface area contributed by atoms with Crippen LogP contribution < -0.4 is 0 Å². The van der Waals surface area contributed by atoms with Gasteiger partial charge in [-0.2, -0.15) is 0 Å². The highest BCUT2D eigenvalue weighted by Crippen LogP contribution is 2.51. The minimum Gasteiger partial charge on any atom is -0.293 e. The fourth-order valence-corrected chi connectivity index (χ4v) is 8.23. The molecule has 1 aliphatic rings. The molecule has 3 nitrogen and oxygen atoms in total. The number of hydrogen-bond acceptors (Lipinski definition) is 2. The van der Waals surface area contributed by atoms with Crippen LogP contribution in [-0.2, 0) is 5.41 Å². The SMILES string of the molecule is CC1(C)c2ccccc2-c2ccc3c(-n4c5ccccc5c5ccccc54)nc(-c4cccc(-c5cccc(-c6ccccc6)c5)c4)nc3c21. The Morgan fingerprint density at radius 3 is 1.72 bits per heavy atom. The highest BCUT2D eigenvalue weighted by atomic mass is 15.1. The highest BCUT2D eigenvalue weighted by Gasteiger charge is 2.38. The van der Waals surface area contributed by atoms with Gasteiger partial charge in [-0.15, -0.1) is 0 Å². The summed E-state index contributed by atoms with van der Waals surface area (Å²) >= 11 is 0. The molecule has 0 radical (unpaired) electrons. The van der Waals surface area contributed by atoms with Crippen molar-refractivity contribution in [2.75, 3.05) is 0 Å². The molecular weight excluding hydrogens is 607 g/mol. The Morgan fingerprint density at radius 1 is 0.440 bits per heavy atom. The van der Waals surface area contributed by atoms with Crippen molar-refractivity contribution in [3.8, 4) is 50.6 Å². The van der Waals surface area contributed by atoms with E-state index in [1.165, 1.54) is 44.2 Å². The normalized spacial score (nSPS) is 13.2. The third kappa shape index (κ3) is 4.23. The quantitative estimate of drug-likeness (QED) is 0.192. The van der Waals surface area contributed by atoms with Gasteiger partial charge in [0.2, 0.25) is 0 Å². The van der Waals surface area contributed by atoms with Crippen LogP contribution in [0.15, 0.2) is 164 Å². The van der Waals surface area contributed by atoms with Gasteiger partial charge in [0.05, 0.1) is 16.6 Å². The molecule has 0 aliphatic heterocycles. The van der Waals surface area contributed by atoms with E-state index in [1.54, 1.807) is 0 Å². The number of para-hydroxylation sites is 2. The number of hydrogen-bond donors (Lipinski definition) is 0. The first-order chi connectivity index (χ1) is 24.6. The first kappa shape index (κ1) is 28.7. The Kier molecular flexibility index (Phi) is 6.22. The largest absolute Gasteiger partial charge is 0.293 e. The average Bonchev–Trinajstić information content (AvgIpc) is 3.63. The number of benzene rings is 7. The zero-order valence-electron chi connectivity index (χ0n) is 27.9. The molecule has 9 aromatic rings. The van der Waals surface area contributed by atoms with Crippen molar-refractivity contribution >= 4 is 32.7 Å². The van der Waals surface area contributed by atoms with Crippen molar-refractivity contribution in [2.24, 2.45) is 0 Å². The molecule has 0 atom stereocenters. The van der Waals surface area contributed by atoms with E-state index in [4.69, 9.17) is 9.97 Å². The summed E-state index contributed by atoms with van der Waals surface area (Å²) in [5, 5.41) is 3.47. The monoisotopic (exact) mass is 639 g/mol. The second-order valence-electron chi connectivity index (χ2n) is 13.8. The van der Waals surface area contributed by atoms with Crippen molar-refractivity contribution in [1.29, 1.82) is 0 Å². The van der Waals surface area contributed by atoms with E-state index in [-0.39, 0.29) is 5.41 Å². The molecule has 1 aliphatic carbocycles. The molecule has 0 unspecified atom stereocenters. The van der Waals surface area contributed by atoms with Crippen LogP contribution in [0.2, 0.25) is 0 Å². The molecule has 7 aromatic carbocycles. The predicted octanol–water partition coefficient (Wildman–Crippen LogP) is 12.0. The molecule has 0 N–H and O–H groups in total. The lowest BCUT2D eigenvalue weighted by Crippen LogP contribution is -2.16. The summed E-state index contributed by atoms with van der Waals surface area (Å²) in [6, 6.07) is 58.6. The molecule has 0 saturated heterocycles. The fourth-order valence-electron chi connectivity index (χ4n) is 8.23. The molecular formula is C47H33N3. The molecule has 2 heterocycles. The van der Waals surface area contributed by atoms with Crippen LogP contribution in [0, 0.1) is 0 Å². The summed E-state index contributed by atoms with van der Waals surface area (Å²) in [6.07, 6.45) is 0. The highest BCUT2D eigenvalue weighted by molar-refractivity contribution is 6.10. The van der Waals surface area contributed by atoms with Gasteiger partial charge in [0, 0.05) is 27.1 Å². The van der Waals surface area contributed by atoms with Crippen molar-refractivity contribution in [3.05, 3.63) is 175 Å². The molecule has 2 aromatic heterocycles. The van der Waals surface area contributed by atoms with E-state index in [0.717, 1.165) is 50.3 Å². The minimum absolute atomic E-state index is 0.227. The van der Waals surface area contributed by atoms with Gasteiger partial charge in [-0.25, -0.2) is 9.97 Å². The van der Waals surface area contributed by atoms with Crippen molar-refractivity contribution in [2.45, 2.75) is 19.3 Å². The zero-order valence-corrected chi connectivity index (χ0v) is 27.9. The first-order valence-corrected chi connectivity index (χ1v) is 17.3. The minimum atomic E-state index is -0.227. The lowest BCUT2D eigenvalue weighted by Gasteiger charge is -2.23. The molecule has 0 fully saturated rings. The third-order valence-electron chi connectivity index (χ3n) is 10.6. The van der Waals surface area contributed by atoms with Crippen LogP contribution in [-0.4, -0.2) is 14.5 Å². The maximum absolute atomic E-state index is 5.50. The summed E-state index contributed by atoms with van der Waals surface area (Å²) in [6.45, 7) is 4.67. The van der Waals surface area contributed by atoms with Crippen LogP contribution >= 0.6 is 0 Å². The fraction of sp³-hybridized carbons (Fsp3) is 0.0638. The van der Waals surface area contributed by atoms with Gasteiger partial charge >= 0.3 is 0 Å². The molecule has 236 valence electrons. The Hall–Kier alpha value is -6.32.